The monoisotopic (exact) mass is 438 g/mol. The Morgan fingerprint density at radius 3 is 2.59 bits per heavy atom. The predicted octanol–water partition coefficient (Wildman–Crippen LogP) is 2.93. The molecule has 0 aliphatic carbocycles. The third-order valence-corrected chi connectivity index (χ3v) is 5.60. The number of anilines is 1. The number of benzene rings is 1. The number of hydrogen-bond acceptors (Lipinski definition) is 5. The minimum Gasteiger partial charge on any atom is -0.382 e. The molecular formula is C24H38N8. The summed E-state index contributed by atoms with van der Waals surface area (Å²) in [5, 5.41) is 21.0. The maximum Gasteiger partial charge on any atom is 0.191 e. The molecule has 174 valence electrons. The van der Waals surface area contributed by atoms with E-state index in [0.29, 0.717) is 23.8 Å². The van der Waals surface area contributed by atoms with E-state index in [1.54, 1.807) is 11.7 Å². The molecule has 1 unspecified atom stereocenters. The van der Waals surface area contributed by atoms with E-state index in [2.05, 4.69) is 52.5 Å². The summed E-state index contributed by atoms with van der Waals surface area (Å²) in [6.45, 7) is 10.7. The van der Waals surface area contributed by atoms with Crippen molar-refractivity contribution < 1.29 is 0 Å². The van der Waals surface area contributed by atoms with Crippen LogP contribution >= 0.6 is 0 Å². The van der Waals surface area contributed by atoms with Crippen molar-refractivity contribution in [2.75, 3.05) is 39.0 Å². The summed E-state index contributed by atoms with van der Waals surface area (Å²) in [4.78, 5) is 6.78. The normalized spacial score (nSPS) is 12.6. The highest BCUT2D eigenvalue weighted by Gasteiger charge is 2.16. The maximum absolute atomic E-state index is 9.55. The lowest BCUT2D eigenvalue weighted by Gasteiger charge is -2.21. The number of nitrogens with two attached hydrogens (primary N) is 1. The highest BCUT2D eigenvalue weighted by Crippen LogP contribution is 2.21. The molecule has 8 nitrogen and oxygen atoms in total. The van der Waals surface area contributed by atoms with Gasteiger partial charge in [-0.3, -0.25) is 4.99 Å². The fraction of sp³-hybridized carbons (Fsp3) is 0.542. The van der Waals surface area contributed by atoms with Gasteiger partial charge in [-0.15, -0.1) is 0 Å². The Balaban J connectivity index is 1.81. The molecule has 8 heteroatoms. The van der Waals surface area contributed by atoms with Gasteiger partial charge >= 0.3 is 0 Å². The van der Waals surface area contributed by atoms with Crippen molar-refractivity contribution in [2.24, 2.45) is 4.99 Å². The molecule has 0 aliphatic heterocycles. The second-order valence-electron chi connectivity index (χ2n) is 7.88. The van der Waals surface area contributed by atoms with Crippen molar-refractivity contribution in [3.8, 4) is 11.8 Å². The first-order valence-corrected chi connectivity index (χ1v) is 11.6. The van der Waals surface area contributed by atoms with Crippen LogP contribution in [-0.2, 0) is 6.42 Å². The minimum absolute atomic E-state index is 0.350. The highest BCUT2D eigenvalue weighted by molar-refractivity contribution is 5.79. The van der Waals surface area contributed by atoms with Crippen LogP contribution in [0.15, 0.2) is 35.3 Å². The zero-order chi connectivity index (χ0) is 23.3. The van der Waals surface area contributed by atoms with E-state index in [-0.39, 0.29) is 0 Å². The number of hydrogen-bond donors (Lipinski definition) is 3. The van der Waals surface area contributed by atoms with Crippen LogP contribution in [0.3, 0.4) is 0 Å². The SMILES string of the molecule is CCN(CC)CCCC(C)NC(=NC)NCCCc1nn(-c2ccccc2)c(N)c1C#N. The first-order chi connectivity index (χ1) is 15.5. The fourth-order valence-electron chi connectivity index (χ4n) is 3.66. The quantitative estimate of drug-likeness (QED) is 0.267. The Labute approximate surface area is 192 Å². The van der Waals surface area contributed by atoms with Crippen LogP contribution in [0.5, 0.6) is 0 Å². The molecule has 0 saturated heterocycles. The number of nitrogen functional groups attached to an aromatic ring is 1. The molecule has 0 radical (unpaired) electrons. The van der Waals surface area contributed by atoms with Gasteiger partial charge in [0.25, 0.3) is 0 Å². The standard InChI is InChI=1S/C24H38N8/c1-5-31(6-2)17-11-12-19(3)29-24(27-4)28-16-10-15-22-21(18-25)23(26)32(30-22)20-13-8-7-9-14-20/h7-9,13-14,19H,5-6,10-12,15-17,26H2,1-4H3,(H2,27,28,29). The molecule has 0 amide bonds. The lowest BCUT2D eigenvalue weighted by molar-refractivity contribution is 0.292. The largest absolute Gasteiger partial charge is 0.382 e. The fourth-order valence-corrected chi connectivity index (χ4v) is 3.66. The number of aryl methyl sites for hydroxylation is 1. The van der Waals surface area contributed by atoms with Crippen molar-refractivity contribution in [1.82, 2.24) is 25.3 Å². The van der Waals surface area contributed by atoms with E-state index in [4.69, 9.17) is 5.73 Å². The van der Waals surface area contributed by atoms with Gasteiger partial charge in [0.2, 0.25) is 0 Å². The van der Waals surface area contributed by atoms with Gasteiger partial charge in [-0.05, 0) is 64.4 Å². The van der Waals surface area contributed by atoms with Crippen molar-refractivity contribution in [1.29, 1.82) is 5.26 Å². The lowest BCUT2D eigenvalue weighted by atomic mass is 10.1. The van der Waals surface area contributed by atoms with Crippen LogP contribution in [0, 0.1) is 11.3 Å². The summed E-state index contributed by atoms with van der Waals surface area (Å²) in [5.74, 6) is 1.19. The van der Waals surface area contributed by atoms with E-state index in [0.717, 1.165) is 62.8 Å². The van der Waals surface area contributed by atoms with Crippen LogP contribution < -0.4 is 16.4 Å². The topological polar surface area (TPSA) is 107 Å². The Kier molecular flexibility index (Phi) is 10.5. The molecule has 2 rings (SSSR count). The zero-order valence-electron chi connectivity index (χ0n) is 19.9. The van der Waals surface area contributed by atoms with E-state index < -0.39 is 0 Å². The molecular weight excluding hydrogens is 400 g/mol. The summed E-state index contributed by atoms with van der Waals surface area (Å²) in [5.41, 5.74) is 8.22. The third-order valence-electron chi connectivity index (χ3n) is 5.60. The molecule has 1 aromatic carbocycles. The molecule has 32 heavy (non-hydrogen) atoms. The van der Waals surface area contributed by atoms with Crippen molar-refractivity contribution >= 4 is 11.8 Å². The van der Waals surface area contributed by atoms with Crippen LogP contribution in [0.1, 0.15) is 51.3 Å². The summed E-state index contributed by atoms with van der Waals surface area (Å²) in [7, 11) is 1.79. The van der Waals surface area contributed by atoms with E-state index >= 15 is 0 Å². The zero-order valence-corrected chi connectivity index (χ0v) is 19.9. The number of guanidine groups is 1. The second kappa shape index (κ2) is 13.4. The first-order valence-electron chi connectivity index (χ1n) is 11.6. The van der Waals surface area contributed by atoms with Crippen LogP contribution in [-0.4, -0.2) is 59.9 Å². The molecule has 2 aromatic rings. The molecule has 0 spiro atoms. The second-order valence-corrected chi connectivity index (χ2v) is 7.88. The molecule has 0 aliphatic rings. The smallest absolute Gasteiger partial charge is 0.191 e. The van der Waals surface area contributed by atoms with Gasteiger partial charge < -0.3 is 21.3 Å². The molecule has 0 saturated carbocycles. The van der Waals surface area contributed by atoms with Gasteiger partial charge in [-0.25, -0.2) is 4.68 Å². The maximum atomic E-state index is 9.55. The summed E-state index contributed by atoms with van der Waals surface area (Å²) in [6.07, 6.45) is 3.74. The third kappa shape index (κ3) is 7.27. The highest BCUT2D eigenvalue weighted by atomic mass is 15.3. The summed E-state index contributed by atoms with van der Waals surface area (Å²) >= 11 is 0. The van der Waals surface area contributed by atoms with Gasteiger partial charge in [0.15, 0.2) is 5.96 Å². The van der Waals surface area contributed by atoms with Crippen molar-refractivity contribution in [2.45, 2.75) is 52.5 Å². The number of aromatic nitrogens is 2. The van der Waals surface area contributed by atoms with E-state index in [1.165, 1.54) is 0 Å². The Hall–Kier alpha value is -3.05. The van der Waals surface area contributed by atoms with Gasteiger partial charge in [0.05, 0.1) is 11.4 Å². The average molecular weight is 439 g/mol. The van der Waals surface area contributed by atoms with Crippen LogP contribution in [0.4, 0.5) is 5.82 Å². The summed E-state index contributed by atoms with van der Waals surface area (Å²) < 4.78 is 1.64. The Morgan fingerprint density at radius 2 is 1.97 bits per heavy atom. The molecule has 1 heterocycles. The number of nitrogens with zero attached hydrogens (tertiary/aromatic N) is 5. The summed E-state index contributed by atoms with van der Waals surface area (Å²) in [6, 6.07) is 12.2. The Bertz CT molecular complexity index is 877. The minimum atomic E-state index is 0.350. The molecule has 1 atom stereocenters. The number of nitrogens with one attached hydrogen (secondary N) is 2. The van der Waals surface area contributed by atoms with Crippen LogP contribution in [0.25, 0.3) is 5.69 Å². The first kappa shape index (κ1) is 25.2. The number of rotatable bonds is 12. The Morgan fingerprint density at radius 1 is 1.25 bits per heavy atom. The van der Waals surface area contributed by atoms with Crippen molar-refractivity contribution in [3.05, 3.63) is 41.6 Å². The van der Waals surface area contributed by atoms with Gasteiger partial charge in [0.1, 0.15) is 17.5 Å². The van der Waals surface area contributed by atoms with Gasteiger partial charge in [-0.2, -0.15) is 10.4 Å². The van der Waals surface area contributed by atoms with Crippen LogP contribution in [0.2, 0.25) is 0 Å². The van der Waals surface area contributed by atoms with E-state index in [1.807, 2.05) is 30.3 Å². The van der Waals surface area contributed by atoms with Crippen molar-refractivity contribution in [3.63, 3.8) is 0 Å². The molecule has 0 fully saturated rings. The predicted molar refractivity (Wildman–Crippen MR) is 132 cm³/mol. The molecule has 4 N–H and O–H groups in total. The lowest BCUT2D eigenvalue weighted by Crippen LogP contribution is -2.42. The van der Waals surface area contributed by atoms with Gasteiger partial charge in [0, 0.05) is 19.6 Å². The average Bonchev–Trinajstić information content (AvgIpc) is 3.14. The number of aliphatic imine (C=N–C) groups is 1. The van der Waals surface area contributed by atoms with Gasteiger partial charge in [-0.1, -0.05) is 32.0 Å². The molecule has 0 bridgehead atoms. The molecule has 1 aromatic heterocycles. The number of para-hydroxylation sites is 1. The van der Waals surface area contributed by atoms with E-state index in [9.17, 15) is 5.26 Å². The number of nitriles is 1.